The fourth-order valence-electron chi connectivity index (χ4n) is 2.07. The van der Waals surface area contributed by atoms with Gasteiger partial charge in [0.15, 0.2) is 0 Å². The van der Waals surface area contributed by atoms with E-state index in [1.54, 1.807) is 7.11 Å². The van der Waals surface area contributed by atoms with Crippen LogP contribution < -0.4 is 0 Å². The van der Waals surface area contributed by atoms with Crippen molar-refractivity contribution in [3.05, 3.63) is 35.1 Å². The lowest BCUT2D eigenvalue weighted by molar-refractivity contribution is -0.136. The maximum atomic E-state index is 10.4. The van der Waals surface area contributed by atoms with Crippen LogP contribution in [0.4, 0.5) is 0 Å². The first-order valence-corrected chi connectivity index (χ1v) is 5.07. The van der Waals surface area contributed by atoms with Gasteiger partial charge in [-0.1, -0.05) is 6.08 Å². The molecule has 2 rings (SSSR count). The van der Waals surface area contributed by atoms with Gasteiger partial charge in [0.1, 0.15) is 5.76 Å². The molecule has 80 valence electrons. The normalized spacial score (nSPS) is 26.2. The molecular weight excluding hydrogens is 192 g/mol. The van der Waals surface area contributed by atoms with Crippen molar-refractivity contribution in [1.82, 2.24) is 0 Å². The van der Waals surface area contributed by atoms with Crippen molar-refractivity contribution < 1.29 is 14.6 Å². The number of hydrogen-bond acceptors (Lipinski definition) is 2. The molecule has 0 amide bonds. The summed E-state index contributed by atoms with van der Waals surface area (Å²) < 4.78 is 5.16. The number of allylic oxidation sites excluding steroid dienone is 4. The lowest BCUT2D eigenvalue weighted by Gasteiger charge is -2.35. The fourth-order valence-corrected chi connectivity index (χ4v) is 2.07. The molecule has 1 fully saturated rings. The first-order valence-electron chi connectivity index (χ1n) is 5.07. The van der Waals surface area contributed by atoms with Gasteiger partial charge in [0.05, 0.1) is 13.5 Å². The molecule has 0 saturated heterocycles. The second-order valence-electron chi connectivity index (χ2n) is 3.87. The SMILES string of the molecule is COC1=CCC2CC(=CCC(=O)O)C2=C1. The van der Waals surface area contributed by atoms with Crippen LogP contribution in [0, 0.1) is 5.92 Å². The molecular formula is C12H14O3. The molecule has 1 atom stereocenters. The Kier molecular flexibility index (Phi) is 2.62. The molecule has 0 aromatic heterocycles. The molecule has 0 bridgehead atoms. The monoisotopic (exact) mass is 206 g/mol. The average molecular weight is 206 g/mol. The maximum Gasteiger partial charge on any atom is 0.307 e. The first-order chi connectivity index (χ1) is 7.20. The number of methoxy groups -OCH3 is 1. The van der Waals surface area contributed by atoms with Gasteiger partial charge < -0.3 is 9.84 Å². The van der Waals surface area contributed by atoms with Crippen molar-refractivity contribution >= 4 is 5.97 Å². The molecule has 0 radical (unpaired) electrons. The molecule has 1 saturated carbocycles. The Balaban J connectivity index is 2.08. The van der Waals surface area contributed by atoms with Gasteiger partial charge in [0.2, 0.25) is 0 Å². The van der Waals surface area contributed by atoms with Crippen molar-refractivity contribution in [1.29, 1.82) is 0 Å². The van der Waals surface area contributed by atoms with Crippen molar-refractivity contribution in [2.24, 2.45) is 5.92 Å². The number of rotatable bonds is 3. The minimum atomic E-state index is -0.773. The summed E-state index contributed by atoms with van der Waals surface area (Å²) in [5.41, 5.74) is 2.43. The quantitative estimate of drug-likeness (QED) is 0.770. The molecule has 2 aliphatic carbocycles. The Labute approximate surface area is 88.7 Å². The number of hydrogen-bond donors (Lipinski definition) is 1. The van der Waals surface area contributed by atoms with Gasteiger partial charge in [-0.25, -0.2) is 0 Å². The van der Waals surface area contributed by atoms with Crippen LogP contribution >= 0.6 is 0 Å². The zero-order valence-corrected chi connectivity index (χ0v) is 8.69. The predicted molar refractivity (Wildman–Crippen MR) is 56.2 cm³/mol. The highest BCUT2D eigenvalue weighted by Crippen LogP contribution is 2.44. The third kappa shape index (κ3) is 1.96. The van der Waals surface area contributed by atoms with Gasteiger partial charge in [-0.15, -0.1) is 0 Å². The zero-order valence-electron chi connectivity index (χ0n) is 8.69. The van der Waals surface area contributed by atoms with Gasteiger partial charge in [-0.3, -0.25) is 4.79 Å². The van der Waals surface area contributed by atoms with Crippen molar-refractivity contribution in [2.75, 3.05) is 7.11 Å². The molecule has 0 aromatic rings. The van der Waals surface area contributed by atoms with Gasteiger partial charge in [-0.05, 0) is 42.1 Å². The second-order valence-corrected chi connectivity index (χ2v) is 3.87. The van der Waals surface area contributed by atoms with Gasteiger partial charge in [0.25, 0.3) is 0 Å². The number of fused-ring (bicyclic) bond motifs is 1. The van der Waals surface area contributed by atoms with E-state index in [0.29, 0.717) is 5.92 Å². The van der Waals surface area contributed by atoms with E-state index in [-0.39, 0.29) is 6.42 Å². The molecule has 1 N–H and O–H groups in total. The Bertz CT molecular complexity index is 374. The number of aliphatic carboxylic acids is 1. The van der Waals surface area contributed by atoms with Crippen LogP contribution in [0.5, 0.6) is 0 Å². The van der Waals surface area contributed by atoms with Crippen molar-refractivity contribution in [3.8, 4) is 0 Å². The molecule has 2 aliphatic rings. The summed E-state index contributed by atoms with van der Waals surface area (Å²) in [6.07, 6.45) is 8.05. The summed E-state index contributed by atoms with van der Waals surface area (Å²) in [7, 11) is 1.66. The van der Waals surface area contributed by atoms with Crippen molar-refractivity contribution in [2.45, 2.75) is 19.3 Å². The number of carbonyl (C=O) groups is 1. The van der Waals surface area contributed by atoms with Gasteiger partial charge >= 0.3 is 5.97 Å². The summed E-state index contributed by atoms with van der Waals surface area (Å²) in [5, 5.41) is 8.58. The average Bonchev–Trinajstić information content (AvgIpc) is 2.19. The lowest BCUT2D eigenvalue weighted by atomic mass is 9.70. The zero-order chi connectivity index (χ0) is 10.8. The largest absolute Gasteiger partial charge is 0.497 e. The Morgan fingerprint density at radius 1 is 1.73 bits per heavy atom. The lowest BCUT2D eigenvalue weighted by Crippen LogP contribution is -2.21. The van der Waals surface area contributed by atoms with Crippen LogP contribution in [0.25, 0.3) is 0 Å². The Morgan fingerprint density at radius 3 is 3.20 bits per heavy atom. The van der Waals surface area contributed by atoms with Crippen molar-refractivity contribution in [3.63, 3.8) is 0 Å². The third-order valence-corrected chi connectivity index (χ3v) is 2.94. The van der Waals surface area contributed by atoms with Gasteiger partial charge in [0, 0.05) is 0 Å². The van der Waals surface area contributed by atoms with Crippen LogP contribution in [-0.2, 0) is 9.53 Å². The Hall–Kier alpha value is -1.51. The minimum Gasteiger partial charge on any atom is -0.497 e. The molecule has 0 heterocycles. The molecule has 3 heteroatoms. The second kappa shape index (κ2) is 3.93. The molecule has 1 unspecified atom stereocenters. The van der Waals surface area contributed by atoms with E-state index >= 15 is 0 Å². The fraction of sp³-hybridized carbons (Fsp3) is 0.417. The topological polar surface area (TPSA) is 46.5 Å². The summed E-state index contributed by atoms with van der Waals surface area (Å²) in [6, 6.07) is 0. The number of carboxylic acids is 1. The summed E-state index contributed by atoms with van der Waals surface area (Å²) in [5.74, 6) is 0.705. The third-order valence-electron chi connectivity index (χ3n) is 2.94. The van der Waals surface area contributed by atoms with E-state index in [2.05, 4.69) is 6.08 Å². The van der Waals surface area contributed by atoms with E-state index in [9.17, 15) is 4.79 Å². The molecule has 0 spiro atoms. The van der Waals surface area contributed by atoms with E-state index in [4.69, 9.17) is 9.84 Å². The van der Waals surface area contributed by atoms with Crippen LogP contribution in [0.3, 0.4) is 0 Å². The molecule has 15 heavy (non-hydrogen) atoms. The number of ether oxygens (including phenoxy) is 1. The van der Waals surface area contributed by atoms with Crippen LogP contribution in [-0.4, -0.2) is 18.2 Å². The standard InChI is InChI=1S/C12H14O3/c1-15-10-4-2-8-6-9(11(8)7-10)3-5-12(13)14/h3-4,7-8H,2,5-6H2,1H3,(H,13,14). The van der Waals surface area contributed by atoms with E-state index in [1.165, 1.54) is 11.1 Å². The number of carboxylic acid groups (broad SMARTS) is 1. The predicted octanol–water partition coefficient (Wildman–Crippen LogP) is 2.27. The highest BCUT2D eigenvalue weighted by molar-refractivity contribution is 5.69. The highest BCUT2D eigenvalue weighted by Gasteiger charge is 2.31. The molecule has 3 nitrogen and oxygen atoms in total. The molecule has 0 aliphatic heterocycles. The van der Waals surface area contributed by atoms with E-state index in [1.807, 2.05) is 12.2 Å². The summed E-state index contributed by atoms with van der Waals surface area (Å²) >= 11 is 0. The van der Waals surface area contributed by atoms with Crippen LogP contribution in [0.15, 0.2) is 35.1 Å². The minimum absolute atomic E-state index is 0.116. The van der Waals surface area contributed by atoms with Crippen LogP contribution in [0.1, 0.15) is 19.3 Å². The van der Waals surface area contributed by atoms with E-state index < -0.39 is 5.97 Å². The highest BCUT2D eigenvalue weighted by atomic mass is 16.5. The summed E-state index contributed by atoms with van der Waals surface area (Å²) in [4.78, 5) is 10.4. The van der Waals surface area contributed by atoms with Crippen LogP contribution in [0.2, 0.25) is 0 Å². The smallest absolute Gasteiger partial charge is 0.307 e. The maximum absolute atomic E-state index is 10.4. The summed E-state index contributed by atoms with van der Waals surface area (Å²) in [6.45, 7) is 0. The van der Waals surface area contributed by atoms with Gasteiger partial charge in [-0.2, -0.15) is 0 Å². The first kappa shape index (κ1) is 10.0. The molecule has 0 aromatic carbocycles. The Morgan fingerprint density at radius 2 is 2.53 bits per heavy atom. The van der Waals surface area contributed by atoms with E-state index in [0.717, 1.165) is 18.6 Å².